The minimum atomic E-state index is -0.346. The summed E-state index contributed by atoms with van der Waals surface area (Å²) in [4.78, 5) is 4.43. The fraction of sp³-hybridized carbons (Fsp3) is 0.533. The predicted molar refractivity (Wildman–Crippen MR) is 96.1 cm³/mol. The van der Waals surface area contributed by atoms with Gasteiger partial charge in [-0.1, -0.05) is 6.07 Å². The molecule has 0 aliphatic heterocycles. The fourth-order valence-electron chi connectivity index (χ4n) is 1.68. The highest BCUT2D eigenvalue weighted by Crippen LogP contribution is 2.18. The molecule has 0 unspecified atom stereocenters. The Labute approximate surface area is 143 Å². The predicted octanol–water partition coefficient (Wildman–Crippen LogP) is 3.31. The number of benzene rings is 1. The summed E-state index contributed by atoms with van der Waals surface area (Å²) in [6.45, 7) is 9.59. The Kier molecular flexibility index (Phi) is 10.1. The lowest BCUT2D eigenvalue weighted by atomic mass is 10.2. The zero-order valence-corrected chi connectivity index (χ0v) is 15.4. The molecule has 4 nitrogen and oxygen atoms in total. The van der Waals surface area contributed by atoms with Crippen LogP contribution in [0.4, 0.5) is 4.39 Å². The Morgan fingerprint density at radius 3 is 2.57 bits per heavy atom. The van der Waals surface area contributed by atoms with Gasteiger partial charge >= 0.3 is 0 Å². The molecule has 2 N–H and O–H groups in total. The lowest BCUT2D eigenvalue weighted by Crippen LogP contribution is -2.40. The van der Waals surface area contributed by atoms with Gasteiger partial charge in [-0.05, 0) is 45.4 Å². The zero-order valence-electron chi connectivity index (χ0n) is 13.1. The first-order valence-electron chi connectivity index (χ1n) is 7.02. The van der Waals surface area contributed by atoms with E-state index in [9.17, 15) is 4.39 Å². The minimum Gasteiger partial charge on any atom is -0.491 e. The molecule has 1 rings (SSSR count). The number of hydrogen-bond donors (Lipinski definition) is 2. The lowest BCUT2D eigenvalue weighted by Gasteiger charge is -2.14. The molecule has 0 aliphatic rings. The van der Waals surface area contributed by atoms with Crippen LogP contribution in [0, 0.1) is 5.82 Å². The summed E-state index contributed by atoms with van der Waals surface area (Å²) in [7, 11) is 0. The van der Waals surface area contributed by atoms with Crippen LogP contribution < -0.4 is 15.4 Å². The molecular formula is C15H25FIN3O. The van der Waals surface area contributed by atoms with E-state index in [-0.39, 0.29) is 35.5 Å². The lowest BCUT2D eigenvalue weighted by molar-refractivity contribution is 0.321. The Bertz CT molecular complexity index is 453. The van der Waals surface area contributed by atoms with Crippen molar-refractivity contribution >= 4 is 29.9 Å². The summed E-state index contributed by atoms with van der Waals surface area (Å²) in [6, 6.07) is 5.24. The molecule has 21 heavy (non-hydrogen) atoms. The summed E-state index contributed by atoms with van der Waals surface area (Å²) in [5.41, 5.74) is 0.812. The van der Waals surface area contributed by atoms with Gasteiger partial charge in [-0.2, -0.15) is 0 Å². The average Bonchev–Trinajstić information content (AvgIpc) is 2.39. The van der Waals surface area contributed by atoms with Crippen LogP contribution in [0.1, 0.15) is 33.3 Å². The number of rotatable bonds is 6. The summed E-state index contributed by atoms with van der Waals surface area (Å²) in [5, 5.41) is 6.37. The standard InChI is InChI=1S/C15H24FN3O.HI/c1-5-17-15(19-11(3)4)18-10-12-7-8-14(20-6-2)13(16)9-12;/h7-9,11H,5-6,10H2,1-4H3,(H2,17,18,19);1H. The van der Waals surface area contributed by atoms with Crippen molar-refractivity contribution in [2.45, 2.75) is 40.3 Å². The number of aliphatic imine (C=N–C) groups is 1. The van der Waals surface area contributed by atoms with Gasteiger partial charge in [0.1, 0.15) is 0 Å². The molecule has 0 spiro atoms. The van der Waals surface area contributed by atoms with Gasteiger partial charge in [0.05, 0.1) is 13.2 Å². The molecule has 0 aliphatic carbocycles. The van der Waals surface area contributed by atoms with Gasteiger partial charge in [-0.3, -0.25) is 0 Å². The van der Waals surface area contributed by atoms with Gasteiger partial charge in [0.15, 0.2) is 17.5 Å². The highest BCUT2D eigenvalue weighted by Gasteiger charge is 2.05. The summed E-state index contributed by atoms with van der Waals surface area (Å²) < 4.78 is 18.9. The van der Waals surface area contributed by atoms with Gasteiger partial charge in [-0.25, -0.2) is 9.38 Å². The molecule has 6 heteroatoms. The van der Waals surface area contributed by atoms with E-state index in [2.05, 4.69) is 15.6 Å². The second-order valence-electron chi connectivity index (χ2n) is 4.69. The van der Waals surface area contributed by atoms with E-state index >= 15 is 0 Å². The van der Waals surface area contributed by atoms with Gasteiger partial charge in [0.25, 0.3) is 0 Å². The highest BCUT2D eigenvalue weighted by molar-refractivity contribution is 14.0. The van der Waals surface area contributed by atoms with Crippen LogP contribution in [-0.4, -0.2) is 25.2 Å². The van der Waals surface area contributed by atoms with E-state index in [0.717, 1.165) is 18.1 Å². The molecule has 0 atom stereocenters. The molecule has 0 heterocycles. The van der Waals surface area contributed by atoms with Crippen LogP contribution in [0.5, 0.6) is 5.75 Å². The van der Waals surface area contributed by atoms with E-state index in [1.165, 1.54) is 6.07 Å². The Balaban J connectivity index is 0.00000400. The molecule has 0 amide bonds. The molecule has 0 radical (unpaired) electrons. The van der Waals surface area contributed by atoms with E-state index < -0.39 is 0 Å². The molecule has 0 aromatic heterocycles. The van der Waals surface area contributed by atoms with Gasteiger partial charge in [0, 0.05) is 12.6 Å². The maximum atomic E-state index is 13.7. The Hall–Kier alpha value is -1.05. The molecule has 1 aromatic rings. The monoisotopic (exact) mass is 409 g/mol. The molecule has 0 bridgehead atoms. The average molecular weight is 409 g/mol. The Morgan fingerprint density at radius 2 is 2.05 bits per heavy atom. The van der Waals surface area contributed by atoms with Crippen LogP contribution in [0.2, 0.25) is 0 Å². The van der Waals surface area contributed by atoms with Crippen molar-refractivity contribution in [2.75, 3.05) is 13.2 Å². The van der Waals surface area contributed by atoms with Crippen molar-refractivity contribution in [1.29, 1.82) is 0 Å². The SMILES string of the molecule is CCNC(=NCc1ccc(OCC)c(F)c1)NC(C)C.I. The number of ether oxygens (including phenoxy) is 1. The van der Waals surface area contributed by atoms with E-state index in [4.69, 9.17) is 4.74 Å². The first kappa shape index (κ1) is 19.9. The van der Waals surface area contributed by atoms with Crippen LogP contribution in [0.3, 0.4) is 0 Å². The van der Waals surface area contributed by atoms with E-state index in [1.807, 2.05) is 33.8 Å². The second-order valence-corrected chi connectivity index (χ2v) is 4.69. The number of nitrogens with zero attached hydrogens (tertiary/aromatic N) is 1. The zero-order chi connectivity index (χ0) is 15.0. The van der Waals surface area contributed by atoms with E-state index in [1.54, 1.807) is 6.07 Å². The topological polar surface area (TPSA) is 45.7 Å². The van der Waals surface area contributed by atoms with Gasteiger partial charge in [-0.15, -0.1) is 24.0 Å². The van der Waals surface area contributed by atoms with Crippen molar-refractivity contribution in [3.63, 3.8) is 0 Å². The molecule has 120 valence electrons. The fourth-order valence-corrected chi connectivity index (χ4v) is 1.68. The summed E-state index contributed by atoms with van der Waals surface area (Å²) >= 11 is 0. The van der Waals surface area contributed by atoms with Crippen molar-refractivity contribution < 1.29 is 9.13 Å². The van der Waals surface area contributed by atoms with Gasteiger partial charge in [0.2, 0.25) is 0 Å². The van der Waals surface area contributed by atoms with Crippen LogP contribution in [0.25, 0.3) is 0 Å². The largest absolute Gasteiger partial charge is 0.491 e. The van der Waals surface area contributed by atoms with Crippen LogP contribution in [0.15, 0.2) is 23.2 Å². The third-order valence-corrected chi connectivity index (χ3v) is 2.49. The highest BCUT2D eigenvalue weighted by atomic mass is 127. The first-order valence-corrected chi connectivity index (χ1v) is 7.02. The number of halogens is 2. The minimum absolute atomic E-state index is 0. The first-order chi connectivity index (χ1) is 9.56. The number of hydrogen-bond acceptors (Lipinski definition) is 2. The van der Waals surface area contributed by atoms with Gasteiger partial charge < -0.3 is 15.4 Å². The summed E-state index contributed by atoms with van der Waals surface area (Å²) in [5.74, 6) is 0.672. The van der Waals surface area contributed by atoms with Crippen LogP contribution >= 0.6 is 24.0 Å². The smallest absolute Gasteiger partial charge is 0.191 e. The van der Waals surface area contributed by atoms with Crippen molar-refractivity contribution in [1.82, 2.24) is 10.6 Å². The van der Waals surface area contributed by atoms with Crippen molar-refractivity contribution in [3.05, 3.63) is 29.6 Å². The third kappa shape index (κ3) is 7.50. The molecule has 0 saturated heterocycles. The normalized spacial score (nSPS) is 11.0. The summed E-state index contributed by atoms with van der Waals surface area (Å²) in [6.07, 6.45) is 0. The number of nitrogens with one attached hydrogen (secondary N) is 2. The Morgan fingerprint density at radius 1 is 1.33 bits per heavy atom. The molecule has 1 aromatic carbocycles. The van der Waals surface area contributed by atoms with E-state index in [0.29, 0.717) is 19.2 Å². The van der Waals surface area contributed by atoms with Crippen molar-refractivity contribution in [3.8, 4) is 5.75 Å². The third-order valence-electron chi connectivity index (χ3n) is 2.49. The van der Waals surface area contributed by atoms with Crippen molar-refractivity contribution in [2.24, 2.45) is 4.99 Å². The molecule has 0 fully saturated rings. The quantitative estimate of drug-likeness (QED) is 0.431. The molecular weight excluding hydrogens is 384 g/mol. The maximum Gasteiger partial charge on any atom is 0.191 e. The maximum absolute atomic E-state index is 13.7. The second kappa shape index (κ2) is 10.6. The molecule has 0 saturated carbocycles. The number of guanidine groups is 1. The van der Waals surface area contributed by atoms with Crippen LogP contribution in [-0.2, 0) is 6.54 Å².